The molecule has 0 unspecified atom stereocenters. The minimum atomic E-state index is -3.71. The van der Waals surface area contributed by atoms with Gasteiger partial charge in [0.15, 0.2) is 0 Å². The molecule has 0 radical (unpaired) electrons. The maximum absolute atomic E-state index is 12.2. The molecule has 0 spiro atoms. The van der Waals surface area contributed by atoms with Crippen LogP contribution >= 0.6 is 11.6 Å². The van der Waals surface area contributed by atoms with Crippen LogP contribution in [0.4, 0.5) is 0 Å². The normalized spacial score (nSPS) is 22.1. The van der Waals surface area contributed by atoms with Gasteiger partial charge in [0.05, 0.1) is 22.8 Å². The van der Waals surface area contributed by atoms with E-state index >= 15 is 0 Å². The Balaban J connectivity index is 2.10. The van der Waals surface area contributed by atoms with Crippen LogP contribution in [0.15, 0.2) is 23.1 Å². The van der Waals surface area contributed by atoms with Crippen LogP contribution in [0, 0.1) is 11.3 Å². The summed E-state index contributed by atoms with van der Waals surface area (Å²) in [6.07, 6.45) is 1.43. The van der Waals surface area contributed by atoms with E-state index in [9.17, 15) is 8.42 Å². The van der Waals surface area contributed by atoms with Crippen LogP contribution in [0.25, 0.3) is 0 Å². The van der Waals surface area contributed by atoms with Gasteiger partial charge in [-0.1, -0.05) is 11.6 Å². The van der Waals surface area contributed by atoms with Crippen LogP contribution in [0.5, 0.6) is 0 Å². The Bertz CT molecular complexity index is 634. The second kappa shape index (κ2) is 6.10. The van der Waals surface area contributed by atoms with E-state index in [0.717, 1.165) is 0 Å². The summed E-state index contributed by atoms with van der Waals surface area (Å²) in [6, 6.07) is 5.94. The number of hydrogen-bond donors (Lipinski definition) is 1. The van der Waals surface area contributed by atoms with Crippen molar-refractivity contribution in [2.75, 3.05) is 6.61 Å². The van der Waals surface area contributed by atoms with Gasteiger partial charge in [-0.3, -0.25) is 0 Å². The minimum Gasteiger partial charge on any atom is -0.378 e. The van der Waals surface area contributed by atoms with Gasteiger partial charge in [-0.15, -0.1) is 0 Å². The lowest BCUT2D eigenvalue weighted by Crippen LogP contribution is -2.47. The van der Waals surface area contributed by atoms with Crippen molar-refractivity contribution in [2.24, 2.45) is 0 Å². The predicted octanol–water partition coefficient (Wildman–Crippen LogP) is 2.06. The van der Waals surface area contributed by atoms with Crippen LogP contribution in [0.1, 0.15) is 25.3 Å². The first-order valence-electron chi connectivity index (χ1n) is 6.30. The smallest absolute Gasteiger partial charge is 0.242 e. The van der Waals surface area contributed by atoms with Gasteiger partial charge in [0.1, 0.15) is 4.90 Å². The summed E-state index contributed by atoms with van der Waals surface area (Å²) in [7, 11) is -3.71. The maximum atomic E-state index is 12.2. The van der Waals surface area contributed by atoms with E-state index in [1.807, 2.05) is 13.0 Å². The second-order valence-corrected chi connectivity index (χ2v) is 6.71. The van der Waals surface area contributed by atoms with Crippen molar-refractivity contribution in [2.45, 2.75) is 36.8 Å². The molecular weight excluding hydrogens is 300 g/mol. The number of hydrogen-bond acceptors (Lipinski definition) is 4. The molecule has 1 fully saturated rings. The van der Waals surface area contributed by atoms with Crippen molar-refractivity contribution in [3.05, 3.63) is 28.8 Å². The zero-order valence-electron chi connectivity index (χ0n) is 11.0. The molecule has 1 saturated carbocycles. The molecule has 1 aliphatic rings. The van der Waals surface area contributed by atoms with Crippen LogP contribution in [0.2, 0.25) is 5.02 Å². The molecule has 0 bridgehead atoms. The van der Waals surface area contributed by atoms with Crippen molar-refractivity contribution >= 4 is 21.6 Å². The minimum absolute atomic E-state index is 0.0573. The number of halogens is 1. The average molecular weight is 315 g/mol. The van der Waals surface area contributed by atoms with E-state index in [0.29, 0.717) is 19.4 Å². The lowest BCUT2D eigenvalue weighted by atomic mass is 9.90. The maximum Gasteiger partial charge on any atom is 0.242 e. The molecule has 0 saturated heterocycles. The Labute approximate surface area is 123 Å². The Hall–Kier alpha value is -1.13. The number of sulfonamides is 1. The van der Waals surface area contributed by atoms with Gasteiger partial charge in [0.25, 0.3) is 0 Å². The molecule has 1 N–H and O–H groups in total. The molecule has 0 heterocycles. The quantitative estimate of drug-likeness (QED) is 0.902. The topological polar surface area (TPSA) is 79.2 Å². The van der Waals surface area contributed by atoms with Crippen LogP contribution in [-0.4, -0.2) is 27.2 Å². The van der Waals surface area contributed by atoms with Gasteiger partial charge < -0.3 is 4.74 Å². The van der Waals surface area contributed by atoms with Gasteiger partial charge in [-0.25, -0.2) is 13.1 Å². The first kappa shape index (κ1) is 15.3. The lowest BCUT2D eigenvalue weighted by Gasteiger charge is -2.35. The van der Waals surface area contributed by atoms with Gasteiger partial charge in [0.2, 0.25) is 10.0 Å². The molecule has 0 amide bonds. The summed E-state index contributed by atoms with van der Waals surface area (Å²) in [5.41, 5.74) is 0.260. The van der Waals surface area contributed by atoms with Gasteiger partial charge in [-0.05, 0) is 38.0 Å². The molecule has 7 heteroatoms. The lowest BCUT2D eigenvalue weighted by molar-refractivity contribution is -0.00475. The summed E-state index contributed by atoms with van der Waals surface area (Å²) < 4.78 is 32.5. The molecular formula is C13H15ClN2O3S. The number of rotatable bonds is 5. The predicted molar refractivity (Wildman–Crippen MR) is 74.9 cm³/mol. The molecule has 5 nitrogen and oxygen atoms in total. The van der Waals surface area contributed by atoms with E-state index in [1.165, 1.54) is 18.2 Å². The van der Waals surface area contributed by atoms with Gasteiger partial charge >= 0.3 is 0 Å². The Morgan fingerprint density at radius 1 is 1.50 bits per heavy atom. The molecule has 1 aliphatic carbocycles. The summed E-state index contributed by atoms with van der Waals surface area (Å²) in [4.78, 5) is -0.0573. The first-order valence-corrected chi connectivity index (χ1v) is 8.16. The highest BCUT2D eigenvalue weighted by Gasteiger charge is 2.33. The van der Waals surface area contributed by atoms with E-state index < -0.39 is 10.0 Å². The van der Waals surface area contributed by atoms with Crippen molar-refractivity contribution in [3.8, 4) is 6.07 Å². The second-order valence-electron chi connectivity index (χ2n) is 4.62. The number of nitrogens with one attached hydrogen (secondary N) is 1. The van der Waals surface area contributed by atoms with E-state index in [4.69, 9.17) is 21.6 Å². The van der Waals surface area contributed by atoms with Gasteiger partial charge in [-0.2, -0.15) is 5.26 Å². The number of ether oxygens (including phenoxy) is 1. The summed E-state index contributed by atoms with van der Waals surface area (Å²) >= 11 is 5.91. The zero-order valence-corrected chi connectivity index (χ0v) is 12.5. The number of nitriles is 1. The largest absolute Gasteiger partial charge is 0.378 e. The summed E-state index contributed by atoms with van der Waals surface area (Å²) in [6.45, 7) is 2.53. The first-order chi connectivity index (χ1) is 9.46. The van der Waals surface area contributed by atoms with Crippen LogP contribution in [0.3, 0.4) is 0 Å². The number of benzene rings is 1. The molecule has 0 aromatic heterocycles. The molecule has 0 atom stereocenters. The van der Waals surface area contributed by atoms with Crippen molar-refractivity contribution in [3.63, 3.8) is 0 Å². The highest BCUT2D eigenvalue weighted by atomic mass is 35.5. The molecule has 1 aromatic rings. The molecule has 20 heavy (non-hydrogen) atoms. The summed E-state index contributed by atoms with van der Waals surface area (Å²) in [5.74, 6) is 0. The van der Waals surface area contributed by atoms with E-state index in [-0.39, 0.29) is 27.6 Å². The third-order valence-corrected chi connectivity index (χ3v) is 5.17. The average Bonchev–Trinajstić information content (AvgIpc) is 2.36. The van der Waals surface area contributed by atoms with E-state index in [1.54, 1.807) is 0 Å². The fraction of sp³-hybridized carbons (Fsp3) is 0.462. The zero-order chi connectivity index (χ0) is 14.8. The molecule has 108 valence electrons. The fourth-order valence-corrected chi connectivity index (χ4v) is 3.88. The van der Waals surface area contributed by atoms with Crippen molar-refractivity contribution in [1.82, 2.24) is 4.72 Å². The molecule has 1 aromatic carbocycles. The Morgan fingerprint density at radius 2 is 2.20 bits per heavy atom. The number of nitrogens with zero attached hydrogens (tertiary/aromatic N) is 1. The Morgan fingerprint density at radius 3 is 2.80 bits per heavy atom. The van der Waals surface area contributed by atoms with Crippen LogP contribution in [-0.2, 0) is 14.8 Å². The van der Waals surface area contributed by atoms with Crippen molar-refractivity contribution < 1.29 is 13.2 Å². The van der Waals surface area contributed by atoms with Gasteiger partial charge in [0, 0.05) is 12.6 Å². The standard InChI is InChI=1S/C13H15ClN2O3S/c1-2-19-11-6-10(7-11)16-20(17,18)13-5-9(8-15)3-4-12(13)14/h3-5,10-11,16H,2,6-7H2,1H3. The highest BCUT2D eigenvalue weighted by Crippen LogP contribution is 2.27. The third kappa shape index (κ3) is 3.30. The van der Waals surface area contributed by atoms with Crippen molar-refractivity contribution in [1.29, 1.82) is 5.26 Å². The van der Waals surface area contributed by atoms with Crippen LogP contribution < -0.4 is 4.72 Å². The Kier molecular flexibility index (Phi) is 4.66. The monoisotopic (exact) mass is 314 g/mol. The highest BCUT2D eigenvalue weighted by molar-refractivity contribution is 7.89. The SMILES string of the molecule is CCOC1CC(NS(=O)(=O)c2cc(C#N)ccc2Cl)C1. The van der Waals surface area contributed by atoms with E-state index in [2.05, 4.69) is 4.72 Å². The molecule has 0 aliphatic heterocycles. The fourth-order valence-electron chi connectivity index (χ4n) is 2.10. The molecule has 2 rings (SSSR count). The summed E-state index contributed by atoms with van der Waals surface area (Å²) in [5, 5.41) is 8.94. The third-order valence-electron chi connectivity index (χ3n) is 3.17.